The zero-order chi connectivity index (χ0) is 19.1. The van der Waals surface area contributed by atoms with Gasteiger partial charge in [-0.25, -0.2) is 9.97 Å². The van der Waals surface area contributed by atoms with Crippen LogP contribution in [0.25, 0.3) is 10.9 Å². The highest BCUT2D eigenvalue weighted by atomic mass is 35.5. The van der Waals surface area contributed by atoms with E-state index in [9.17, 15) is 0 Å². The predicted octanol–water partition coefficient (Wildman–Crippen LogP) is 3.64. The number of hydrogen-bond acceptors (Lipinski definition) is 6. The molecule has 0 spiro atoms. The number of ether oxygens (including phenoxy) is 1. The lowest BCUT2D eigenvalue weighted by Crippen LogP contribution is -2.37. The summed E-state index contributed by atoms with van der Waals surface area (Å²) in [5, 5.41) is 1.69. The van der Waals surface area contributed by atoms with Crippen molar-refractivity contribution in [1.29, 1.82) is 0 Å². The van der Waals surface area contributed by atoms with E-state index in [2.05, 4.69) is 32.8 Å². The smallest absolute Gasteiger partial charge is 0.140 e. The van der Waals surface area contributed by atoms with Gasteiger partial charge in [0.15, 0.2) is 0 Å². The molecule has 7 heteroatoms. The molecule has 0 aliphatic carbocycles. The Hall–Kier alpha value is -2.44. The van der Waals surface area contributed by atoms with Gasteiger partial charge in [0.1, 0.15) is 12.1 Å². The van der Waals surface area contributed by atoms with Crippen molar-refractivity contribution in [3.8, 4) is 0 Å². The zero-order valence-electron chi connectivity index (χ0n) is 15.8. The summed E-state index contributed by atoms with van der Waals surface area (Å²) in [6.07, 6.45) is 3.64. The summed E-state index contributed by atoms with van der Waals surface area (Å²) >= 11 is 6.25. The van der Waals surface area contributed by atoms with Gasteiger partial charge in [0.25, 0.3) is 0 Å². The number of morpholine rings is 1. The van der Waals surface area contributed by atoms with Crippen LogP contribution in [0.15, 0.2) is 36.8 Å². The fourth-order valence-electron chi connectivity index (χ4n) is 4.19. The maximum atomic E-state index is 6.25. The maximum Gasteiger partial charge on any atom is 0.140 e. The Morgan fingerprint density at radius 1 is 1.07 bits per heavy atom. The molecule has 4 heterocycles. The van der Waals surface area contributed by atoms with Crippen molar-refractivity contribution in [3.05, 3.63) is 53.1 Å². The molecule has 1 unspecified atom stereocenters. The van der Waals surface area contributed by atoms with Crippen molar-refractivity contribution in [2.75, 3.05) is 42.6 Å². The number of halogens is 1. The number of anilines is 2. The molecule has 0 bridgehead atoms. The maximum absolute atomic E-state index is 6.25. The molecule has 0 saturated carbocycles. The molecule has 0 N–H and O–H groups in total. The summed E-state index contributed by atoms with van der Waals surface area (Å²) in [5.41, 5.74) is 4.53. The zero-order valence-corrected chi connectivity index (χ0v) is 16.6. The Bertz CT molecular complexity index is 1020. The van der Waals surface area contributed by atoms with Gasteiger partial charge < -0.3 is 14.5 Å². The molecular weight excluding hydrogens is 374 g/mol. The van der Waals surface area contributed by atoms with Gasteiger partial charge in [-0.1, -0.05) is 18.5 Å². The normalized spacial score (nSPS) is 19.7. The number of benzene rings is 1. The third-order valence-corrected chi connectivity index (χ3v) is 5.80. The fourth-order valence-corrected chi connectivity index (χ4v) is 4.36. The van der Waals surface area contributed by atoms with E-state index in [0.29, 0.717) is 10.9 Å². The van der Waals surface area contributed by atoms with Crippen LogP contribution in [0.1, 0.15) is 24.1 Å². The molecule has 1 saturated heterocycles. The van der Waals surface area contributed by atoms with Crippen LogP contribution in [0.5, 0.6) is 0 Å². The predicted molar refractivity (Wildman–Crippen MR) is 111 cm³/mol. The fraction of sp³-hybridized carbons (Fsp3) is 0.381. The van der Waals surface area contributed by atoms with Crippen LogP contribution in [0, 0.1) is 0 Å². The van der Waals surface area contributed by atoms with Gasteiger partial charge in [0.2, 0.25) is 0 Å². The van der Waals surface area contributed by atoms with Crippen LogP contribution in [-0.2, 0) is 11.3 Å². The van der Waals surface area contributed by atoms with Gasteiger partial charge >= 0.3 is 0 Å². The number of rotatable bonds is 2. The Morgan fingerprint density at radius 3 is 2.79 bits per heavy atom. The summed E-state index contributed by atoms with van der Waals surface area (Å²) in [5.74, 6) is 1.26. The molecule has 5 rings (SSSR count). The van der Waals surface area contributed by atoms with Gasteiger partial charge in [-0.2, -0.15) is 0 Å². The van der Waals surface area contributed by atoms with Crippen LogP contribution in [0.4, 0.5) is 11.5 Å². The van der Waals surface area contributed by atoms with Crippen LogP contribution in [-0.4, -0.2) is 47.8 Å². The second kappa shape index (κ2) is 7.18. The SMILES string of the molecule is CC1CN(c2ncnc3ccc(Cl)cc23)Cc2cc(N3CCOCC3)cnc21. The molecule has 1 aromatic carbocycles. The molecule has 2 aliphatic heterocycles. The molecule has 2 aliphatic rings. The first-order valence-electron chi connectivity index (χ1n) is 9.66. The topological polar surface area (TPSA) is 54.4 Å². The quantitative estimate of drug-likeness (QED) is 0.660. The van der Waals surface area contributed by atoms with Gasteiger partial charge in [-0.3, -0.25) is 4.98 Å². The van der Waals surface area contributed by atoms with E-state index < -0.39 is 0 Å². The first-order valence-corrected chi connectivity index (χ1v) is 10.0. The molecule has 1 atom stereocenters. The first-order chi connectivity index (χ1) is 13.7. The molecular formula is C21H22ClN5O. The minimum Gasteiger partial charge on any atom is -0.378 e. The molecule has 0 radical (unpaired) electrons. The average Bonchev–Trinajstić information content (AvgIpc) is 2.73. The highest BCUT2D eigenvalue weighted by molar-refractivity contribution is 6.31. The number of hydrogen-bond donors (Lipinski definition) is 0. The molecule has 144 valence electrons. The van der Waals surface area contributed by atoms with Crippen LogP contribution < -0.4 is 9.80 Å². The first kappa shape index (κ1) is 17.6. The third-order valence-electron chi connectivity index (χ3n) is 5.56. The average molecular weight is 396 g/mol. The van der Waals surface area contributed by atoms with Crippen molar-refractivity contribution >= 4 is 34.0 Å². The van der Waals surface area contributed by atoms with E-state index in [1.54, 1.807) is 6.33 Å². The summed E-state index contributed by atoms with van der Waals surface area (Å²) in [4.78, 5) is 18.5. The Labute approximate surface area is 169 Å². The van der Waals surface area contributed by atoms with Crippen LogP contribution in [0.2, 0.25) is 5.02 Å². The minimum atomic E-state index is 0.326. The summed E-state index contributed by atoms with van der Waals surface area (Å²) in [7, 11) is 0. The van der Waals surface area contributed by atoms with Gasteiger partial charge in [0.05, 0.1) is 36.3 Å². The minimum absolute atomic E-state index is 0.326. The van der Waals surface area contributed by atoms with E-state index in [1.165, 1.54) is 16.9 Å². The molecule has 2 aromatic heterocycles. The van der Waals surface area contributed by atoms with Gasteiger partial charge in [-0.15, -0.1) is 0 Å². The standard InChI is InChI=1S/C21H22ClN5O/c1-14-11-27(21-18-9-16(22)2-3-19(18)24-13-25-21)12-15-8-17(10-23-20(14)15)26-4-6-28-7-5-26/h2-3,8-10,13-14H,4-7,11-12H2,1H3. The van der Waals surface area contributed by atoms with Gasteiger partial charge in [-0.05, 0) is 29.8 Å². The largest absolute Gasteiger partial charge is 0.378 e. The van der Waals surface area contributed by atoms with Crippen molar-refractivity contribution in [1.82, 2.24) is 15.0 Å². The molecule has 3 aromatic rings. The van der Waals surface area contributed by atoms with E-state index in [-0.39, 0.29) is 0 Å². The lowest BCUT2D eigenvalue weighted by Gasteiger charge is -2.35. The number of nitrogens with zero attached hydrogens (tertiary/aromatic N) is 5. The van der Waals surface area contributed by atoms with Crippen molar-refractivity contribution in [3.63, 3.8) is 0 Å². The highest BCUT2D eigenvalue weighted by Crippen LogP contribution is 2.34. The van der Waals surface area contributed by atoms with E-state index in [4.69, 9.17) is 21.3 Å². The molecule has 28 heavy (non-hydrogen) atoms. The second-order valence-corrected chi connectivity index (χ2v) is 7.91. The van der Waals surface area contributed by atoms with Crippen molar-refractivity contribution in [2.24, 2.45) is 0 Å². The number of fused-ring (bicyclic) bond motifs is 2. The number of pyridine rings is 1. The monoisotopic (exact) mass is 395 g/mol. The molecule has 6 nitrogen and oxygen atoms in total. The van der Waals surface area contributed by atoms with E-state index in [0.717, 1.165) is 56.1 Å². The lowest BCUT2D eigenvalue weighted by molar-refractivity contribution is 0.122. The van der Waals surface area contributed by atoms with E-state index >= 15 is 0 Å². The Morgan fingerprint density at radius 2 is 1.93 bits per heavy atom. The summed E-state index contributed by atoms with van der Waals surface area (Å²) in [6, 6.07) is 8.05. The van der Waals surface area contributed by atoms with Crippen LogP contribution >= 0.6 is 11.6 Å². The molecule has 0 amide bonds. The van der Waals surface area contributed by atoms with Crippen molar-refractivity contribution < 1.29 is 4.74 Å². The van der Waals surface area contributed by atoms with Gasteiger partial charge in [0, 0.05) is 42.5 Å². The second-order valence-electron chi connectivity index (χ2n) is 7.48. The van der Waals surface area contributed by atoms with E-state index in [1.807, 2.05) is 24.4 Å². The summed E-state index contributed by atoms with van der Waals surface area (Å²) < 4.78 is 5.48. The number of aromatic nitrogens is 3. The van der Waals surface area contributed by atoms with Crippen LogP contribution in [0.3, 0.4) is 0 Å². The Kier molecular flexibility index (Phi) is 4.53. The molecule has 1 fully saturated rings. The Balaban J connectivity index is 1.51. The highest BCUT2D eigenvalue weighted by Gasteiger charge is 2.26. The summed E-state index contributed by atoms with van der Waals surface area (Å²) in [6.45, 7) is 7.24. The van der Waals surface area contributed by atoms with Crippen molar-refractivity contribution in [2.45, 2.75) is 19.4 Å². The lowest BCUT2D eigenvalue weighted by atomic mass is 9.95. The third kappa shape index (κ3) is 3.16.